The Balaban J connectivity index is 2.41. The highest BCUT2D eigenvalue weighted by atomic mass is 32.2. The Morgan fingerprint density at radius 3 is 2.36 bits per heavy atom. The summed E-state index contributed by atoms with van der Waals surface area (Å²) in [4.78, 5) is 4.60. The van der Waals surface area contributed by atoms with Gasteiger partial charge in [-0.05, 0) is 24.8 Å². The van der Waals surface area contributed by atoms with Crippen LogP contribution in [0.2, 0.25) is 0 Å². The number of nitrogens with zero attached hydrogens (tertiary/aromatic N) is 1. The number of rotatable bonds is 11. The lowest BCUT2D eigenvalue weighted by Crippen LogP contribution is -2.38. The van der Waals surface area contributed by atoms with Crippen molar-refractivity contribution in [3.05, 3.63) is 35.9 Å². The first kappa shape index (κ1) is 21.5. The van der Waals surface area contributed by atoms with E-state index in [0.717, 1.165) is 37.5 Å². The molecule has 2 N–H and O–H groups in total. The number of hydrogen-bond acceptors (Lipinski definition) is 3. The molecule has 25 heavy (non-hydrogen) atoms. The molecule has 0 aliphatic rings. The third-order valence-electron chi connectivity index (χ3n) is 4.16. The quantitative estimate of drug-likeness (QED) is 0.358. The van der Waals surface area contributed by atoms with Gasteiger partial charge in [0.2, 0.25) is 0 Å². The highest BCUT2D eigenvalue weighted by Gasteiger charge is 2.11. The van der Waals surface area contributed by atoms with E-state index in [2.05, 4.69) is 29.5 Å². The zero-order valence-electron chi connectivity index (χ0n) is 15.8. The van der Waals surface area contributed by atoms with Crippen molar-refractivity contribution in [3.8, 4) is 0 Å². The van der Waals surface area contributed by atoms with Crippen LogP contribution in [-0.2, 0) is 15.6 Å². The first-order valence-corrected chi connectivity index (χ1v) is 11.1. The number of nitrogens with one attached hydrogen (secondary N) is 2. The van der Waals surface area contributed by atoms with E-state index in [1.165, 1.54) is 0 Å². The second-order valence-corrected chi connectivity index (χ2v) is 8.44. The van der Waals surface area contributed by atoms with E-state index in [-0.39, 0.29) is 11.5 Å². The Labute approximate surface area is 153 Å². The maximum atomic E-state index is 12.2. The smallest absolute Gasteiger partial charge is 0.191 e. The fourth-order valence-electron chi connectivity index (χ4n) is 2.51. The number of hydrogen-bond donors (Lipinski definition) is 2. The summed E-state index contributed by atoms with van der Waals surface area (Å²) >= 11 is 0. The van der Waals surface area contributed by atoms with E-state index in [1.807, 2.05) is 37.3 Å². The highest BCUT2D eigenvalue weighted by molar-refractivity contribution is 7.90. The average molecular weight is 368 g/mol. The van der Waals surface area contributed by atoms with Gasteiger partial charge in [-0.2, -0.15) is 0 Å². The molecule has 0 atom stereocenters. The predicted octanol–water partition coefficient (Wildman–Crippen LogP) is 2.98. The summed E-state index contributed by atoms with van der Waals surface area (Å²) in [5.74, 6) is 1.66. The Kier molecular flexibility index (Phi) is 10.2. The van der Waals surface area contributed by atoms with Crippen LogP contribution in [0, 0.1) is 5.92 Å². The van der Waals surface area contributed by atoms with E-state index >= 15 is 0 Å². The predicted molar refractivity (Wildman–Crippen MR) is 107 cm³/mol. The van der Waals surface area contributed by atoms with Crippen LogP contribution in [0.5, 0.6) is 0 Å². The average Bonchev–Trinajstić information content (AvgIpc) is 2.60. The van der Waals surface area contributed by atoms with Crippen LogP contribution in [0.1, 0.15) is 45.6 Å². The van der Waals surface area contributed by atoms with E-state index in [9.17, 15) is 8.42 Å². The Morgan fingerprint density at radius 1 is 1.08 bits per heavy atom. The van der Waals surface area contributed by atoms with Crippen LogP contribution in [0.15, 0.2) is 35.3 Å². The molecule has 142 valence electrons. The van der Waals surface area contributed by atoms with Crippen molar-refractivity contribution in [2.75, 3.05) is 25.4 Å². The van der Waals surface area contributed by atoms with Crippen LogP contribution in [-0.4, -0.2) is 39.8 Å². The molecular weight excluding hydrogens is 334 g/mol. The summed E-state index contributed by atoms with van der Waals surface area (Å²) in [5, 5.41) is 6.45. The lowest BCUT2D eigenvalue weighted by molar-refractivity contribution is 0.504. The minimum atomic E-state index is -3.08. The molecule has 5 nitrogen and oxygen atoms in total. The topological polar surface area (TPSA) is 70.6 Å². The lowest BCUT2D eigenvalue weighted by atomic mass is 10.0. The van der Waals surface area contributed by atoms with Gasteiger partial charge in [-0.1, -0.05) is 57.0 Å². The summed E-state index contributed by atoms with van der Waals surface area (Å²) < 4.78 is 24.4. The molecule has 1 aromatic carbocycles. The number of benzene rings is 1. The van der Waals surface area contributed by atoms with E-state index in [4.69, 9.17) is 0 Å². The van der Waals surface area contributed by atoms with Crippen LogP contribution < -0.4 is 10.6 Å². The normalized spacial score (nSPS) is 12.4. The van der Waals surface area contributed by atoms with Gasteiger partial charge in [0, 0.05) is 19.6 Å². The van der Waals surface area contributed by atoms with Crippen molar-refractivity contribution < 1.29 is 8.42 Å². The summed E-state index contributed by atoms with van der Waals surface area (Å²) in [6.07, 6.45) is 2.82. The van der Waals surface area contributed by atoms with Crippen molar-refractivity contribution in [2.24, 2.45) is 10.9 Å². The molecule has 0 unspecified atom stereocenters. The number of aliphatic imine (C=N–C) groups is 1. The van der Waals surface area contributed by atoms with Gasteiger partial charge in [0.15, 0.2) is 15.8 Å². The van der Waals surface area contributed by atoms with Gasteiger partial charge in [-0.3, -0.25) is 4.99 Å². The monoisotopic (exact) mass is 367 g/mol. The first-order chi connectivity index (χ1) is 12.0. The summed E-state index contributed by atoms with van der Waals surface area (Å²) in [7, 11) is -3.08. The Morgan fingerprint density at radius 2 is 1.76 bits per heavy atom. The molecule has 0 saturated heterocycles. The van der Waals surface area contributed by atoms with Gasteiger partial charge in [0.25, 0.3) is 0 Å². The molecule has 0 bridgehead atoms. The highest BCUT2D eigenvalue weighted by Crippen LogP contribution is 2.08. The molecule has 0 aliphatic heterocycles. The van der Waals surface area contributed by atoms with Gasteiger partial charge < -0.3 is 10.6 Å². The standard InChI is InChI=1S/C19H33N3O2S/c1-4-17(5-2)15-22-19(20-6-3)21-13-10-14-25(23,24)16-18-11-8-7-9-12-18/h7-9,11-12,17H,4-6,10,13-16H2,1-3H3,(H2,20,21,22). The van der Waals surface area contributed by atoms with Gasteiger partial charge in [0.1, 0.15) is 0 Å². The van der Waals surface area contributed by atoms with Crippen LogP contribution in [0.25, 0.3) is 0 Å². The van der Waals surface area contributed by atoms with Gasteiger partial charge in [-0.15, -0.1) is 0 Å². The summed E-state index contributed by atoms with van der Waals surface area (Å²) in [5.41, 5.74) is 0.843. The number of guanidine groups is 1. The van der Waals surface area contributed by atoms with Crippen LogP contribution in [0.3, 0.4) is 0 Å². The second-order valence-electron chi connectivity index (χ2n) is 6.26. The summed E-state index contributed by atoms with van der Waals surface area (Å²) in [6, 6.07) is 9.33. The van der Waals surface area contributed by atoms with Gasteiger partial charge >= 0.3 is 0 Å². The maximum Gasteiger partial charge on any atom is 0.191 e. The van der Waals surface area contributed by atoms with E-state index < -0.39 is 9.84 Å². The minimum Gasteiger partial charge on any atom is -0.357 e. The van der Waals surface area contributed by atoms with Crippen molar-refractivity contribution in [2.45, 2.75) is 45.8 Å². The lowest BCUT2D eigenvalue weighted by Gasteiger charge is -2.14. The SMILES string of the molecule is CCNC(=NCC(CC)CC)NCCCS(=O)(=O)Cc1ccccc1. The molecule has 0 aliphatic carbocycles. The fraction of sp³-hybridized carbons (Fsp3) is 0.632. The van der Waals surface area contributed by atoms with Crippen LogP contribution >= 0.6 is 0 Å². The second kappa shape index (κ2) is 11.9. The Bertz CT molecular complexity index is 596. The van der Waals surface area contributed by atoms with E-state index in [1.54, 1.807) is 0 Å². The molecule has 1 rings (SSSR count). The van der Waals surface area contributed by atoms with Crippen LogP contribution in [0.4, 0.5) is 0 Å². The molecule has 0 spiro atoms. The van der Waals surface area contributed by atoms with Gasteiger partial charge in [0.05, 0.1) is 11.5 Å². The molecule has 0 aromatic heterocycles. The van der Waals surface area contributed by atoms with Crippen molar-refractivity contribution >= 4 is 15.8 Å². The molecule has 1 aromatic rings. The molecule has 0 radical (unpaired) electrons. The van der Waals surface area contributed by atoms with Gasteiger partial charge in [-0.25, -0.2) is 8.42 Å². The molecule has 0 heterocycles. The maximum absolute atomic E-state index is 12.2. The Hall–Kier alpha value is -1.56. The third kappa shape index (κ3) is 9.48. The van der Waals surface area contributed by atoms with Crippen molar-refractivity contribution in [1.29, 1.82) is 0 Å². The molecule has 0 amide bonds. The zero-order valence-corrected chi connectivity index (χ0v) is 16.6. The first-order valence-electron chi connectivity index (χ1n) is 9.27. The van der Waals surface area contributed by atoms with Crippen molar-refractivity contribution in [1.82, 2.24) is 10.6 Å². The van der Waals surface area contributed by atoms with E-state index in [0.29, 0.717) is 18.9 Å². The largest absolute Gasteiger partial charge is 0.357 e. The van der Waals surface area contributed by atoms with Crippen molar-refractivity contribution in [3.63, 3.8) is 0 Å². The number of sulfone groups is 1. The molecule has 0 saturated carbocycles. The molecule has 0 fully saturated rings. The molecule has 6 heteroatoms. The summed E-state index contributed by atoms with van der Waals surface area (Å²) in [6.45, 7) is 8.58. The molecular formula is C19H33N3O2S. The fourth-order valence-corrected chi connectivity index (χ4v) is 3.94. The minimum absolute atomic E-state index is 0.108. The third-order valence-corrected chi connectivity index (χ3v) is 5.84. The zero-order chi connectivity index (χ0) is 18.5.